The highest BCUT2D eigenvalue weighted by Crippen LogP contribution is 2.48. The summed E-state index contributed by atoms with van der Waals surface area (Å²) < 4.78 is 6.48. The molecule has 2 atom stereocenters. The highest BCUT2D eigenvalue weighted by atomic mass is 16.5. The molecule has 6 aromatic rings. The number of hydrogen-bond acceptors (Lipinski definition) is 7. The first kappa shape index (κ1) is 29.7. The monoisotopic (exact) mass is 626 g/mol. The van der Waals surface area contributed by atoms with Crippen LogP contribution in [0.3, 0.4) is 0 Å². The van der Waals surface area contributed by atoms with Crippen LogP contribution in [0.2, 0.25) is 0 Å². The number of benzene rings is 5. The molecule has 1 aliphatic carbocycles. The number of aliphatic hydroxyl groups excluding tert-OH is 1. The Bertz CT molecular complexity index is 2170. The number of fused-ring (bicyclic) bond motifs is 4. The zero-order chi connectivity index (χ0) is 32.5. The van der Waals surface area contributed by atoms with E-state index in [0.29, 0.717) is 28.3 Å². The second kappa shape index (κ2) is 12.4. The van der Waals surface area contributed by atoms with Gasteiger partial charge in [-0.25, -0.2) is 9.78 Å². The van der Waals surface area contributed by atoms with Crippen molar-refractivity contribution in [2.75, 3.05) is 11.4 Å². The molecule has 10 heteroatoms. The third kappa shape index (κ3) is 5.79. The topological polar surface area (TPSA) is 148 Å². The van der Waals surface area contributed by atoms with Gasteiger partial charge in [-0.05, 0) is 46.5 Å². The summed E-state index contributed by atoms with van der Waals surface area (Å²) in [4.78, 5) is 32.1. The molecule has 1 unspecified atom stereocenters. The maximum atomic E-state index is 12.3. The van der Waals surface area contributed by atoms with Gasteiger partial charge < -0.3 is 30.4 Å². The second-order valence-electron chi connectivity index (χ2n) is 11.3. The first-order chi connectivity index (χ1) is 22.9. The van der Waals surface area contributed by atoms with E-state index in [1.165, 1.54) is 11.0 Å². The number of phenolic OH excluding ortho intramolecular Hbond substituents is 1. The molecule has 1 aliphatic rings. The van der Waals surface area contributed by atoms with E-state index in [1.54, 1.807) is 30.3 Å². The molecule has 0 spiro atoms. The molecule has 0 aliphatic heterocycles. The average molecular weight is 627 g/mol. The molecule has 0 saturated heterocycles. The van der Waals surface area contributed by atoms with Crippen molar-refractivity contribution in [1.82, 2.24) is 15.3 Å². The molecule has 0 radical (unpaired) electrons. The number of H-pyrrole nitrogens is 1. The number of carboxylic acid groups (broad SMARTS) is 1. The smallest absolute Gasteiger partial charge is 0.412 e. The molecule has 0 saturated carbocycles. The van der Waals surface area contributed by atoms with Crippen molar-refractivity contribution in [1.29, 1.82) is 0 Å². The average Bonchev–Trinajstić information content (AvgIpc) is 3.41. The van der Waals surface area contributed by atoms with Gasteiger partial charge in [0.25, 0.3) is 5.56 Å². The number of ether oxygens (including phenoxy) is 1. The SMILES string of the molecule is O=C(O)N(Cc1ccccc1)c1cccc(Oc2cccc3c2C(NC[C@H](O)c2ccc(O)c4[nH]c(=O)cnc24)c2ccccc2-3)c1. The van der Waals surface area contributed by atoms with Crippen molar-refractivity contribution >= 4 is 22.8 Å². The van der Waals surface area contributed by atoms with Crippen molar-refractivity contribution in [3.8, 4) is 28.4 Å². The molecule has 47 heavy (non-hydrogen) atoms. The minimum Gasteiger partial charge on any atom is -0.506 e. The molecule has 0 fully saturated rings. The van der Waals surface area contributed by atoms with Gasteiger partial charge in [-0.2, -0.15) is 0 Å². The number of nitrogens with zero attached hydrogens (tertiary/aromatic N) is 2. The fraction of sp³-hybridized carbons (Fsp3) is 0.108. The lowest BCUT2D eigenvalue weighted by molar-refractivity contribution is 0.173. The minimum atomic E-state index is -1.08. The molecule has 234 valence electrons. The van der Waals surface area contributed by atoms with Gasteiger partial charge in [0.15, 0.2) is 0 Å². The summed E-state index contributed by atoms with van der Waals surface area (Å²) >= 11 is 0. The van der Waals surface area contributed by atoms with Gasteiger partial charge in [-0.3, -0.25) is 9.69 Å². The first-order valence-electron chi connectivity index (χ1n) is 15.0. The van der Waals surface area contributed by atoms with E-state index in [1.807, 2.05) is 72.8 Å². The van der Waals surface area contributed by atoms with Crippen molar-refractivity contribution in [2.45, 2.75) is 18.7 Å². The Balaban J connectivity index is 1.19. The van der Waals surface area contributed by atoms with E-state index in [2.05, 4.69) is 15.3 Å². The first-order valence-corrected chi connectivity index (χ1v) is 15.0. The number of amides is 1. The lowest BCUT2D eigenvalue weighted by Crippen LogP contribution is -2.28. The number of phenols is 1. The zero-order valence-electron chi connectivity index (χ0n) is 25.0. The van der Waals surface area contributed by atoms with Crippen LogP contribution >= 0.6 is 0 Å². The molecule has 1 heterocycles. The van der Waals surface area contributed by atoms with Crippen molar-refractivity contribution in [2.24, 2.45) is 0 Å². The van der Waals surface area contributed by atoms with Crippen molar-refractivity contribution in [3.63, 3.8) is 0 Å². The summed E-state index contributed by atoms with van der Waals surface area (Å²) in [7, 11) is 0. The number of anilines is 1. The third-order valence-electron chi connectivity index (χ3n) is 8.31. The van der Waals surface area contributed by atoms with Crippen LogP contribution in [0.4, 0.5) is 10.5 Å². The van der Waals surface area contributed by atoms with E-state index in [-0.39, 0.29) is 30.4 Å². The Morgan fingerprint density at radius 2 is 1.70 bits per heavy atom. The van der Waals surface area contributed by atoms with E-state index in [0.717, 1.165) is 34.0 Å². The van der Waals surface area contributed by atoms with Gasteiger partial charge in [0.1, 0.15) is 22.8 Å². The molecule has 5 aromatic carbocycles. The van der Waals surface area contributed by atoms with Crippen LogP contribution in [0.5, 0.6) is 17.2 Å². The Morgan fingerprint density at radius 1 is 0.936 bits per heavy atom. The number of aromatic nitrogens is 2. The van der Waals surface area contributed by atoms with E-state index in [9.17, 15) is 24.9 Å². The lowest BCUT2D eigenvalue weighted by Gasteiger charge is -2.22. The Hall–Kier alpha value is -5.97. The number of aromatic amines is 1. The largest absolute Gasteiger partial charge is 0.506 e. The second-order valence-corrected chi connectivity index (χ2v) is 11.3. The third-order valence-corrected chi connectivity index (χ3v) is 8.31. The number of carbonyl (C=O) groups is 1. The molecule has 1 amide bonds. The minimum absolute atomic E-state index is 0.121. The van der Waals surface area contributed by atoms with Gasteiger partial charge in [0.2, 0.25) is 0 Å². The standard InChI is InChI=1S/C37H30N4O6/c42-29-17-16-28(35-36(29)40-32(44)20-39-35)30(43)19-38-34-27-13-5-4-12-25(27)26-14-7-15-31(33(26)34)47-24-11-6-10-23(18-24)41(37(45)46)21-22-8-2-1-3-9-22/h1-18,20,30,34,38,42-43H,19,21H2,(H,40,44)(H,45,46)/t30-,34?/m0/s1. The molecule has 5 N–H and O–H groups in total. The van der Waals surface area contributed by atoms with Crippen LogP contribution in [0.25, 0.3) is 22.2 Å². The number of aromatic hydroxyl groups is 1. The fourth-order valence-corrected chi connectivity index (χ4v) is 6.15. The number of rotatable bonds is 9. The van der Waals surface area contributed by atoms with E-state index < -0.39 is 17.8 Å². The number of nitrogens with one attached hydrogen (secondary N) is 2. The fourth-order valence-electron chi connectivity index (χ4n) is 6.15. The summed E-state index contributed by atoms with van der Waals surface area (Å²) in [6, 6.07) is 32.9. The van der Waals surface area contributed by atoms with E-state index >= 15 is 0 Å². The quantitative estimate of drug-likeness (QED) is 0.122. The van der Waals surface area contributed by atoms with Crippen LogP contribution in [0.15, 0.2) is 120 Å². The number of aliphatic hydroxyl groups is 1. The summed E-state index contributed by atoms with van der Waals surface area (Å²) in [5, 5.41) is 35.1. The molecule has 1 aromatic heterocycles. The summed E-state index contributed by atoms with van der Waals surface area (Å²) in [5.41, 5.74) is 5.70. The number of hydrogen-bond donors (Lipinski definition) is 5. The van der Waals surface area contributed by atoms with Gasteiger partial charge in [-0.15, -0.1) is 0 Å². The van der Waals surface area contributed by atoms with Crippen LogP contribution in [0.1, 0.15) is 34.4 Å². The van der Waals surface area contributed by atoms with Crippen LogP contribution in [0, 0.1) is 0 Å². The van der Waals surface area contributed by atoms with E-state index in [4.69, 9.17) is 4.74 Å². The van der Waals surface area contributed by atoms with Gasteiger partial charge in [-0.1, -0.05) is 78.9 Å². The van der Waals surface area contributed by atoms with Crippen LogP contribution in [-0.2, 0) is 6.54 Å². The Kier molecular flexibility index (Phi) is 7.86. The molecule has 7 rings (SSSR count). The zero-order valence-corrected chi connectivity index (χ0v) is 25.0. The van der Waals surface area contributed by atoms with Gasteiger partial charge >= 0.3 is 6.09 Å². The molecule has 0 bridgehead atoms. The lowest BCUT2D eigenvalue weighted by atomic mass is 10.0. The summed E-state index contributed by atoms with van der Waals surface area (Å²) in [6.07, 6.45) is -0.984. The molecular formula is C37H30N4O6. The van der Waals surface area contributed by atoms with Crippen LogP contribution < -0.4 is 20.5 Å². The maximum absolute atomic E-state index is 12.3. The highest BCUT2D eigenvalue weighted by molar-refractivity contribution is 5.86. The highest BCUT2D eigenvalue weighted by Gasteiger charge is 2.32. The van der Waals surface area contributed by atoms with Crippen LogP contribution in [-0.4, -0.2) is 37.9 Å². The summed E-state index contributed by atoms with van der Waals surface area (Å²) in [5.74, 6) is 0.924. The summed E-state index contributed by atoms with van der Waals surface area (Å²) in [6.45, 7) is 0.307. The van der Waals surface area contributed by atoms with Crippen molar-refractivity contribution < 1.29 is 24.9 Å². The van der Waals surface area contributed by atoms with Gasteiger partial charge in [0, 0.05) is 23.7 Å². The normalized spacial score (nSPS) is 13.9. The predicted octanol–water partition coefficient (Wildman–Crippen LogP) is 6.50. The van der Waals surface area contributed by atoms with Crippen molar-refractivity contribution in [3.05, 3.63) is 148 Å². The van der Waals surface area contributed by atoms with Gasteiger partial charge in [0.05, 0.1) is 36.1 Å². The predicted molar refractivity (Wildman–Crippen MR) is 178 cm³/mol. The Morgan fingerprint density at radius 3 is 2.53 bits per heavy atom. The molecular weight excluding hydrogens is 596 g/mol. The Labute approximate surface area is 269 Å². The maximum Gasteiger partial charge on any atom is 0.412 e. The molecule has 10 nitrogen and oxygen atoms in total.